The number of rotatable bonds is 5. The van der Waals surface area contributed by atoms with E-state index >= 15 is 0 Å². The first-order valence-corrected chi connectivity index (χ1v) is 7.73. The second kappa shape index (κ2) is 6.19. The average molecular weight is 343 g/mol. The van der Waals surface area contributed by atoms with E-state index in [1.54, 1.807) is 30.3 Å². The summed E-state index contributed by atoms with van der Waals surface area (Å²) in [6, 6.07) is 7.92. The van der Waals surface area contributed by atoms with Crippen LogP contribution in [0.25, 0.3) is 0 Å². The molecule has 3 rings (SSSR count). The van der Waals surface area contributed by atoms with E-state index in [4.69, 9.17) is 11.6 Å². The van der Waals surface area contributed by atoms with Crippen LogP contribution in [-0.2, 0) is 10.4 Å². The molecule has 1 atom stereocenters. The van der Waals surface area contributed by atoms with Gasteiger partial charge in [-0.15, -0.1) is 6.58 Å². The first kappa shape index (κ1) is 16.4. The largest absolute Gasteiger partial charge is 0.375 e. The summed E-state index contributed by atoms with van der Waals surface area (Å²) in [5, 5.41) is 11.4. The van der Waals surface area contributed by atoms with Crippen molar-refractivity contribution in [2.24, 2.45) is 0 Å². The highest BCUT2D eigenvalue weighted by atomic mass is 35.5. The summed E-state index contributed by atoms with van der Waals surface area (Å²) in [6.07, 6.45) is 4.18. The lowest BCUT2D eigenvalue weighted by Crippen LogP contribution is -2.41. The second-order valence-electron chi connectivity index (χ2n) is 5.56. The van der Waals surface area contributed by atoms with Gasteiger partial charge < -0.3 is 10.0 Å². The Morgan fingerprint density at radius 3 is 2.71 bits per heavy atom. The Morgan fingerprint density at radius 1 is 1.33 bits per heavy atom. The fourth-order valence-electron chi connectivity index (χ4n) is 2.88. The predicted molar refractivity (Wildman–Crippen MR) is 91.1 cm³/mol. The predicted octanol–water partition coefficient (Wildman–Crippen LogP) is 2.73. The van der Waals surface area contributed by atoms with Gasteiger partial charge in [-0.2, -0.15) is 0 Å². The maximum atomic E-state index is 12.8. The number of pyridine rings is 1. The number of Topliss-reactive ketones (excluding diaryl/α,β-unsaturated/α-hetero) is 1. The molecule has 1 N–H and O–H groups in total. The lowest BCUT2D eigenvalue weighted by molar-refractivity contribution is -0.135. The van der Waals surface area contributed by atoms with E-state index in [9.17, 15) is 14.7 Å². The van der Waals surface area contributed by atoms with E-state index in [2.05, 4.69) is 11.6 Å². The number of anilines is 1. The maximum Gasteiger partial charge on any atom is 0.264 e. The van der Waals surface area contributed by atoms with Crippen LogP contribution in [0.5, 0.6) is 0 Å². The fourth-order valence-corrected chi connectivity index (χ4v) is 3.05. The molecule has 24 heavy (non-hydrogen) atoms. The summed E-state index contributed by atoms with van der Waals surface area (Å²) in [5.74, 6) is -0.901. The number of aliphatic hydroxyl groups is 1. The van der Waals surface area contributed by atoms with Crippen LogP contribution in [-0.4, -0.2) is 28.3 Å². The lowest BCUT2D eigenvalue weighted by atomic mass is 9.88. The number of hydrogen-bond donors (Lipinski definition) is 1. The Morgan fingerprint density at radius 2 is 2.04 bits per heavy atom. The Bertz CT molecular complexity index is 822. The summed E-state index contributed by atoms with van der Waals surface area (Å²) >= 11 is 6.02. The highest BCUT2D eigenvalue weighted by molar-refractivity contribution is 6.31. The standard InChI is InChI=1S/C18H15ClN2O3/c1-2-9-21-15-4-3-13(19)10-14(15)18(24,17(21)23)11-16(22)12-5-7-20-8-6-12/h2-8,10,24H,1,9,11H2/t18-/m1/s1. The fraction of sp³-hybridized carbons (Fsp3) is 0.167. The monoisotopic (exact) mass is 342 g/mol. The topological polar surface area (TPSA) is 70.5 Å². The van der Waals surface area contributed by atoms with E-state index in [-0.39, 0.29) is 18.7 Å². The smallest absolute Gasteiger partial charge is 0.264 e. The van der Waals surface area contributed by atoms with Gasteiger partial charge in [-0.25, -0.2) is 0 Å². The zero-order chi connectivity index (χ0) is 17.3. The van der Waals surface area contributed by atoms with Crippen LogP contribution in [0.1, 0.15) is 22.3 Å². The molecule has 122 valence electrons. The highest BCUT2D eigenvalue weighted by Gasteiger charge is 2.50. The summed E-state index contributed by atoms with van der Waals surface area (Å²) < 4.78 is 0. The van der Waals surface area contributed by atoms with Gasteiger partial charge in [-0.05, 0) is 30.3 Å². The van der Waals surface area contributed by atoms with Crippen LogP contribution < -0.4 is 4.90 Å². The quantitative estimate of drug-likeness (QED) is 0.670. The zero-order valence-corrected chi connectivity index (χ0v) is 13.5. The van der Waals surface area contributed by atoms with E-state index in [0.29, 0.717) is 21.8 Å². The summed E-state index contributed by atoms with van der Waals surface area (Å²) in [7, 11) is 0. The van der Waals surface area contributed by atoms with Crippen molar-refractivity contribution in [2.75, 3.05) is 11.4 Å². The van der Waals surface area contributed by atoms with Crippen molar-refractivity contribution in [3.05, 3.63) is 71.5 Å². The first-order chi connectivity index (χ1) is 11.5. The number of nitrogens with zero attached hydrogens (tertiary/aromatic N) is 2. The van der Waals surface area contributed by atoms with Crippen LogP contribution in [0.3, 0.4) is 0 Å². The molecule has 0 radical (unpaired) electrons. The van der Waals surface area contributed by atoms with Crippen molar-refractivity contribution in [2.45, 2.75) is 12.0 Å². The third-order valence-electron chi connectivity index (χ3n) is 4.02. The van der Waals surface area contributed by atoms with E-state index in [1.165, 1.54) is 23.4 Å². The first-order valence-electron chi connectivity index (χ1n) is 7.36. The van der Waals surface area contributed by atoms with Crippen LogP contribution >= 0.6 is 11.6 Å². The number of amides is 1. The molecule has 1 aromatic carbocycles. The third kappa shape index (κ3) is 2.62. The Labute approximate surface area is 144 Å². The van der Waals surface area contributed by atoms with Gasteiger partial charge in [0.25, 0.3) is 5.91 Å². The van der Waals surface area contributed by atoms with Crippen LogP contribution in [0, 0.1) is 0 Å². The number of carbonyl (C=O) groups is 2. The molecule has 2 heterocycles. The number of ketones is 1. The lowest BCUT2D eigenvalue weighted by Gasteiger charge is -2.22. The number of halogens is 1. The molecule has 0 aliphatic carbocycles. The van der Waals surface area contributed by atoms with Crippen molar-refractivity contribution in [1.29, 1.82) is 0 Å². The molecule has 0 fully saturated rings. The molecule has 1 aliphatic heterocycles. The van der Waals surface area contributed by atoms with Crippen molar-refractivity contribution < 1.29 is 14.7 Å². The van der Waals surface area contributed by atoms with Crippen LogP contribution in [0.15, 0.2) is 55.4 Å². The Balaban J connectivity index is 2.03. The van der Waals surface area contributed by atoms with Crippen LogP contribution in [0.2, 0.25) is 5.02 Å². The van der Waals surface area contributed by atoms with Gasteiger partial charge in [0.05, 0.1) is 12.1 Å². The minimum atomic E-state index is -1.94. The molecule has 6 heteroatoms. The van der Waals surface area contributed by atoms with E-state index < -0.39 is 11.5 Å². The van der Waals surface area contributed by atoms with Gasteiger partial charge >= 0.3 is 0 Å². The number of carbonyl (C=O) groups excluding carboxylic acids is 2. The van der Waals surface area contributed by atoms with Crippen molar-refractivity contribution in [1.82, 2.24) is 4.98 Å². The number of hydrogen-bond acceptors (Lipinski definition) is 4. The molecule has 1 aliphatic rings. The summed E-state index contributed by atoms with van der Waals surface area (Å²) in [6.45, 7) is 3.87. The molecule has 0 saturated carbocycles. The molecule has 0 unspecified atom stereocenters. The van der Waals surface area contributed by atoms with Gasteiger partial charge in [0.2, 0.25) is 0 Å². The maximum absolute atomic E-state index is 12.8. The number of benzene rings is 1. The van der Waals surface area contributed by atoms with Gasteiger partial charge in [-0.3, -0.25) is 14.6 Å². The van der Waals surface area contributed by atoms with Gasteiger partial charge in [-0.1, -0.05) is 17.7 Å². The van der Waals surface area contributed by atoms with Crippen LogP contribution in [0.4, 0.5) is 5.69 Å². The minimum absolute atomic E-state index is 0.235. The Kier molecular flexibility index (Phi) is 4.22. The molecular weight excluding hydrogens is 328 g/mol. The van der Waals surface area contributed by atoms with E-state index in [0.717, 1.165) is 0 Å². The zero-order valence-electron chi connectivity index (χ0n) is 12.8. The summed E-state index contributed by atoms with van der Waals surface area (Å²) in [5.41, 5.74) is -0.681. The summed E-state index contributed by atoms with van der Waals surface area (Å²) in [4.78, 5) is 30.5. The normalized spacial score (nSPS) is 19.2. The average Bonchev–Trinajstić information content (AvgIpc) is 2.78. The molecular formula is C18H15ClN2O3. The third-order valence-corrected chi connectivity index (χ3v) is 4.26. The Hall–Kier alpha value is -2.50. The van der Waals surface area contributed by atoms with Gasteiger partial charge in [0, 0.05) is 35.1 Å². The van der Waals surface area contributed by atoms with Crippen molar-refractivity contribution in [3.63, 3.8) is 0 Å². The number of fused-ring (bicyclic) bond motifs is 1. The molecule has 0 bridgehead atoms. The molecule has 5 nitrogen and oxygen atoms in total. The number of aromatic nitrogens is 1. The minimum Gasteiger partial charge on any atom is -0.375 e. The highest BCUT2D eigenvalue weighted by Crippen LogP contribution is 2.44. The second-order valence-corrected chi connectivity index (χ2v) is 6.00. The molecule has 0 spiro atoms. The van der Waals surface area contributed by atoms with Crippen molar-refractivity contribution >= 4 is 29.0 Å². The van der Waals surface area contributed by atoms with E-state index in [1.807, 2.05) is 0 Å². The molecule has 1 aromatic heterocycles. The van der Waals surface area contributed by atoms with Gasteiger partial charge in [0.1, 0.15) is 0 Å². The molecule has 2 aromatic rings. The van der Waals surface area contributed by atoms with Gasteiger partial charge in [0.15, 0.2) is 11.4 Å². The molecule has 1 amide bonds. The molecule has 0 saturated heterocycles. The SMILES string of the molecule is C=CCN1C(=O)[C@@](O)(CC(=O)c2ccncc2)c2cc(Cl)ccc21. The van der Waals surface area contributed by atoms with Crippen molar-refractivity contribution in [3.8, 4) is 0 Å².